The molecule has 0 radical (unpaired) electrons. The van der Waals surface area contributed by atoms with E-state index in [0.717, 1.165) is 22.3 Å². The van der Waals surface area contributed by atoms with Crippen molar-refractivity contribution in [3.05, 3.63) is 87.9 Å². The van der Waals surface area contributed by atoms with E-state index in [2.05, 4.69) is 38.7 Å². The molecule has 0 spiro atoms. The van der Waals surface area contributed by atoms with Crippen molar-refractivity contribution in [2.75, 3.05) is 11.9 Å². The van der Waals surface area contributed by atoms with Gasteiger partial charge in [0.05, 0.1) is 5.56 Å². The van der Waals surface area contributed by atoms with E-state index >= 15 is 0 Å². The van der Waals surface area contributed by atoms with Crippen LogP contribution in [0.1, 0.15) is 34.3 Å². The summed E-state index contributed by atoms with van der Waals surface area (Å²) in [7, 11) is 0. The quantitative estimate of drug-likeness (QED) is 0.433. The smallest absolute Gasteiger partial charge is 0.411 e. The normalized spacial score (nSPS) is 12.9. The van der Waals surface area contributed by atoms with Crippen molar-refractivity contribution in [2.24, 2.45) is 0 Å². The molecular formula is C25H21BrN2O5. The van der Waals surface area contributed by atoms with Gasteiger partial charge in [0.1, 0.15) is 12.6 Å². The number of benzene rings is 3. The average molecular weight is 509 g/mol. The molecule has 1 unspecified atom stereocenters. The van der Waals surface area contributed by atoms with E-state index in [-0.39, 0.29) is 18.1 Å². The van der Waals surface area contributed by atoms with Crippen LogP contribution in [0.25, 0.3) is 11.1 Å². The summed E-state index contributed by atoms with van der Waals surface area (Å²) in [5.41, 5.74) is 5.05. The number of carboxylic acids is 1. The number of nitrogens with one attached hydrogen (secondary N) is 2. The van der Waals surface area contributed by atoms with Gasteiger partial charge in [0, 0.05) is 16.1 Å². The number of amides is 2. The number of aliphatic carboxylic acids is 1. The van der Waals surface area contributed by atoms with Gasteiger partial charge in [-0.2, -0.15) is 0 Å². The van der Waals surface area contributed by atoms with Crippen LogP contribution in [0, 0.1) is 0 Å². The van der Waals surface area contributed by atoms with Crippen molar-refractivity contribution in [1.29, 1.82) is 0 Å². The van der Waals surface area contributed by atoms with Crippen molar-refractivity contribution in [2.45, 2.75) is 18.9 Å². The number of carbonyl (C=O) groups is 3. The first-order chi connectivity index (χ1) is 15.8. The highest BCUT2D eigenvalue weighted by Gasteiger charge is 2.29. The van der Waals surface area contributed by atoms with Crippen LogP contribution in [0.15, 0.2) is 71.2 Å². The van der Waals surface area contributed by atoms with Gasteiger partial charge >= 0.3 is 12.1 Å². The summed E-state index contributed by atoms with van der Waals surface area (Å²) in [4.78, 5) is 35.9. The zero-order valence-corrected chi connectivity index (χ0v) is 19.3. The third kappa shape index (κ3) is 4.75. The van der Waals surface area contributed by atoms with E-state index in [1.165, 1.54) is 13.0 Å². The number of anilines is 1. The molecule has 0 saturated heterocycles. The van der Waals surface area contributed by atoms with Crippen LogP contribution < -0.4 is 10.6 Å². The molecule has 168 valence electrons. The van der Waals surface area contributed by atoms with Gasteiger partial charge in [-0.15, -0.1) is 0 Å². The summed E-state index contributed by atoms with van der Waals surface area (Å²) in [6.07, 6.45) is -0.649. The highest BCUT2D eigenvalue weighted by Crippen LogP contribution is 2.44. The van der Waals surface area contributed by atoms with Crippen LogP contribution in [0.2, 0.25) is 0 Å². The molecule has 33 heavy (non-hydrogen) atoms. The molecule has 3 aromatic rings. The van der Waals surface area contributed by atoms with E-state index in [1.54, 1.807) is 12.1 Å². The number of carbonyl (C=O) groups excluding carboxylic acids is 2. The fourth-order valence-electron chi connectivity index (χ4n) is 3.87. The summed E-state index contributed by atoms with van der Waals surface area (Å²) in [6.45, 7) is 1.53. The molecule has 1 aliphatic carbocycles. The van der Waals surface area contributed by atoms with E-state index in [0.29, 0.717) is 10.2 Å². The number of ether oxygens (including phenoxy) is 1. The first-order valence-electron chi connectivity index (χ1n) is 10.3. The van der Waals surface area contributed by atoms with E-state index in [9.17, 15) is 14.4 Å². The van der Waals surface area contributed by atoms with Crippen LogP contribution in [0.3, 0.4) is 0 Å². The van der Waals surface area contributed by atoms with Crippen LogP contribution in [-0.2, 0) is 9.53 Å². The number of rotatable bonds is 6. The summed E-state index contributed by atoms with van der Waals surface area (Å²) >= 11 is 3.28. The fourth-order valence-corrected chi connectivity index (χ4v) is 4.29. The standard InChI is InChI=1S/C25H21BrN2O5/c1-14(24(30)31)27-23(29)20-12-15(10-11-22(20)26)28-25(32)33-13-21-18-8-4-2-6-16(18)17-7-3-5-9-19(17)21/h2-12,14,21H,13H2,1H3,(H,27,29)(H,28,32)(H,30,31). The zero-order chi connectivity index (χ0) is 23.5. The topological polar surface area (TPSA) is 105 Å². The highest BCUT2D eigenvalue weighted by atomic mass is 79.9. The Kier molecular flexibility index (Phi) is 6.46. The minimum absolute atomic E-state index is 0.0630. The number of carboxylic acid groups (broad SMARTS) is 1. The minimum atomic E-state index is -1.15. The maximum absolute atomic E-state index is 12.5. The van der Waals surface area contributed by atoms with Gasteiger partial charge in [0.25, 0.3) is 5.91 Å². The molecule has 0 bridgehead atoms. The molecule has 4 rings (SSSR count). The van der Waals surface area contributed by atoms with Gasteiger partial charge in [0.15, 0.2) is 0 Å². The minimum Gasteiger partial charge on any atom is -0.480 e. The lowest BCUT2D eigenvalue weighted by molar-refractivity contribution is -0.138. The molecule has 0 aromatic heterocycles. The second kappa shape index (κ2) is 9.46. The Hall–Kier alpha value is -3.65. The lowest BCUT2D eigenvalue weighted by Gasteiger charge is -2.15. The maximum atomic E-state index is 12.5. The largest absolute Gasteiger partial charge is 0.480 e. The molecule has 2 amide bonds. The fraction of sp³-hybridized carbons (Fsp3) is 0.160. The Morgan fingerprint density at radius 1 is 1.00 bits per heavy atom. The van der Waals surface area contributed by atoms with Crippen LogP contribution in [-0.4, -0.2) is 35.7 Å². The molecular weight excluding hydrogens is 488 g/mol. The van der Waals surface area contributed by atoms with Gasteiger partial charge in [-0.1, -0.05) is 48.5 Å². The molecule has 1 aliphatic rings. The van der Waals surface area contributed by atoms with Crippen molar-refractivity contribution in [1.82, 2.24) is 5.32 Å². The van der Waals surface area contributed by atoms with Gasteiger partial charge in [-0.25, -0.2) is 4.79 Å². The average Bonchev–Trinajstić information content (AvgIpc) is 3.12. The van der Waals surface area contributed by atoms with Crippen molar-refractivity contribution < 1.29 is 24.2 Å². The summed E-state index contributed by atoms with van der Waals surface area (Å²) in [5, 5.41) is 14.0. The highest BCUT2D eigenvalue weighted by molar-refractivity contribution is 9.10. The van der Waals surface area contributed by atoms with Gasteiger partial charge in [-0.3, -0.25) is 14.9 Å². The molecule has 0 aliphatic heterocycles. The Labute approximate surface area is 198 Å². The lowest BCUT2D eigenvalue weighted by Crippen LogP contribution is -2.38. The first-order valence-corrected chi connectivity index (χ1v) is 11.1. The number of halogens is 1. The van der Waals surface area contributed by atoms with Crippen LogP contribution >= 0.6 is 15.9 Å². The third-order valence-corrected chi connectivity index (χ3v) is 6.21. The SMILES string of the molecule is CC(NC(=O)c1cc(NC(=O)OCC2c3ccccc3-c3ccccc32)ccc1Br)C(=O)O. The molecule has 8 heteroatoms. The van der Waals surface area contributed by atoms with E-state index in [4.69, 9.17) is 9.84 Å². The third-order valence-electron chi connectivity index (χ3n) is 5.52. The Morgan fingerprint density at radius 3 is 2.21 bits per heavy atom. The monoisotopic (exact) mass is 508 g/mol. The maximum Gasteiger partial charge on any atom is 0.411 e. The Morgan fingerprint density at radius 2 is 1.61 bits per heavy atom. The molecule has 0 fully saturated rings. The van der Waals surface area contributed by atoms with Crippen molar-refractivity contribution in [3.8, 4) is 11.1 Å². The lowest BCUT2D eigenvalue weighted by atomic mass is 9.98. The molecule has 3 N–H and O–H groups in total. The van der Waals surface area contributed by atoms with Crippen molar-refractivity contribution >= 4 is 39.6 Å². The van der Waals surface area contributed by atoms with Gasteiger partial charge in [-0.05, 0) is 63.3 Å². The van der Waals surface area contributed by atoms with E-state index < -0.39 is 24.0 Å². The van der Waals surface area contributed by atoms with Crippen molar-refractivity contribution in [3.63, 3.8) is 0 Å². The number of hydrogen-bond donors (Lipinski definition) is 3. The molecule has 0 saturated carbocycles. The Bertz CT molecular complexity index is 1200. The van der Waals surface area contributed by atoms with Crippen LogP contribution in [0.4, 0.5) is 10.5 Å². The number of fused-ring (bicyclic) bond motifs is 3. The predicted octanol–water partition coefficient (Wildman–Crippen LogP) is 5.01. The van der Waals surface area contributed by atoms with Gasteiger partial charge < -0.3 is 15.2 Å². The molecule has 1 atom stereocenters. The summed E-state index contributed by atoms with van der Waals surface area (Å²) < 4.78 is 6.00. The summed E-state index contributed by atoms with van der Waals surface area (Å²) in [6, 6.07) is 19.7. The Balaban J connectivity index is 1.44. The number of hydrogen-bond acceptors (Lipinski definition) is 4. The molecule has 7 nitrogen and oxygen atoms in total. The second-order valence-corrected chi connectivity index (χ2v) is 8.53. The van der Waals surface area contributed by atoms with Gasteiger partial charge in [0.2, 0.25) is 0 Å². The first kappa shape index (κ1) is 22.5. The zero-order valence-electron chi connectivity index (χ0n) is 17.7. The molecule has 0 heterocycles. The molecule has 3 aromatic carbocycles. The second-order valence-electron chi connectivity index (χ2n) is 7.68. The summed E-state index contributed by atoms with van der Waals surface area (Å²) in [5.74, 6) is -1.78. The van der Waals surface area contributed by atoms with Crippen LogP contribution in [0.5, 0.6) is 0 Å². The predicted molar refractivity (Wildman–Crippen MR) is 127 cm³/mol. The van der Waals surface area contributed by atoms with E-state index in [1.807, 2.05) is 36.4 Å².